The van der Waals surface area contributed by atoms with Gasteiger partial charge in [0.2, 0.25) is 35.4 Å². The Morgan fingerprint density at radius 3 is 2.06 bits per heavy atom. The fraction of sp³-hybridized carbons (Fsp3) is 0.346. The monoisotopic (exact) mass is 969 g/mol. The SMILES string of the molecule is CC(N)C(=O)NC(Cc1cnc[nH]1)C(=O)NC(C(=O)NC(C)C(=O)N[C@H](CC(=O)NC(Cc1ccccc1)C(=O)N[C@@H](CCCCCN)C(=O)O)Cc1c[nH]c2ccccc12)c1ccc2ccccc2c1. The van der Waals surface area contributed by atoms with Crippen molar-refractivity contribution in [3.8, 4) is 0 Å². The lowest BCUT2D eigenvalue weighted by Gasteiger charge is -2.26. The minimum atomic E-state index is -1.36. The van der Waals surface area contributed by atoms with Gasteiger partial charge in [0.05, 0.1) is 12.4 Å². The number of nitrogens with zero attached hydrogens (tertiary/aromatic N) is 1. The van der Waals surface area contributed by atoms with E-state index in [1.165, 1.54) is 26.4 Å². The standard InChI is InChI=1S/C52H63N11O8/c1-31(54)47(65)62-44(26-39-29-55-30-57-39)50(68)63-46(36-21-20-34-15-8-9-16-35(34)24-36)51(69)58-32(2)48(66)59-38(25-37-28-56-41-18-11-10-17-40(37)41)27-45(64)60-43(23-33-13-5-3-6-14-33)49(67)61-42(52(70)71)19-7-4-12-22-53/h3,5-6,8-11,13-18,20-21,24,28-32,38,42-44,46,56H,4,7,12,19,22-23,25-27,53-54H2,1-2H3,(H,55,57)(H,58,69)(H,59,66)(H,60,64)(H,61,67)(H,62,65)(H,63,68)(H,70,71)/t31?,32?,38-,42-,43?,44?,46?/m0/s1. The van der Waals surface area contributed by atoms with Gasteiger partial charge in [0.1, 0.15) is 30.2 Å². The Bertz CT molecular complexity index is 2760. The quantitative estimate of drug-likeness (QED) is 0.0351. The summed E-state index contributed by atoms with van der Waals surface area (Å²) in [6.45, 7) is 3.41. The Labute approximate surface area is 411 Å². The van der Waals surface area contributed by atoms with Gasteiger partial charge >= 0.3 is 5.97 Å². The molecule has 7 atom stereocenters. The van der Waals surface area contributed by atoms with Crippen molar-refractivity contribution in [2.75, 3.05) is 6.54 Å². The third-order valence-corrected chi connectivity index (χ3v) is 12.1. The van der Waals surface area contributed by atoms with Crippen molar-refractivity contribution in [3.05, 3.63) is 138 Å². The van der Waals surface area contributed by atoms with Crippen LogP contribution in [-0.4, -0.2) is 104 Å². The van der Waals surface area contributed by atoms with Gasteiger partial charge in [-0.1, -0.05) is 97.8 Å². The molecule has 0 bridgehead atoms. The summed E-state index contributed by atoms with van der Waals surface area (Å²) in [4.78, 5) is 106. The number of nitrogens with two attached hydrogens (primary N) is 2. The van der Waals surface area contributed by atoms with Crippen molar-refractivity contribution in [3.63, 3.8) is 0 Å². The number of unbranched alkanes of at least 4 members (excludes halogenated alkanes) is 2. The summed E-state index contributed by atoms with van der Waals surface area (Å²) < 4.78 is 0. The Morgan fingerprint density at radius 2 is 1.34 bits per heavy atom. The zero-order valence-corrected chi connectivity index (χ0v) is 39.8. The number of hydrogen-bond acceptors (Lipinski definition) is 10. The number of benzene rings is 4. The molecule has 13 N–H and O–H groups in total. The zero-order chi connectivity index (χ0) is 50.9. The number of amides is 6. The number of para-hydroxylation sites is 1. The molecule has 0 saturated carbocycles. The van der Waals surface area contributed by atoms with E-state index >= 15 is 0 Å². The van der Waals surface area contributed by atoms with Crippen LogP contribution in [0.2, 0.25) is 0 Å². The third kappa shape index (κ3) is 15.3. The molecule has 0 radical (unpaired) electrons. The predicted octanol–water partition coefficient (Wildman–Crippen LogP) is 2.71. The van der Waals surface area contributed by atoms with Crippen molar-refractivity contribution < 1.29 is 38.7 Å². The molecule has 6 rings (SSSR count). The number of aromatic nitrogens is 3. The highest BCUT2D eigenvalue weighted by Crippen LogP contribution is 2.23. The molecule has 0 fully saturated rings. The van der Waals surface area contributed by atoms with Crippen molar-refractivity contribution in [1.29, 1.82) is 0 Å². The number of carboxylic acids is 1. The number of carbonyl (C=O) groups excluding carboxylic acids is 6. The Balaban J connectivity index is 1.22. The first-order chi connectivity index (χ1) is 34.2. The summed E-state index contributed by atoms with van der Waals surface area (Å²) in [6, 6.07) is 21.3. The average molecular weight is 970 g/mol. The van der Waals surface area contributed by atoms with Gasteiger partial charge in [-0.25, -0.2) is 9.78 Å². The van der Waals surface area contributed by atoms with E-state index in [0.717, 1.165) is 32.8 Å². The lowest BCUT2D eigenvalue weighted by Crippen LogP contribution is -2.56. The van der Waals surface area contributed by atoms with Gasteiger partial charge < -0.3 is 58.4 Å². The molecule has 2 heterocycles. The molecule has 6 amide bonds. The van der Waals surface area contributed by atoms with Gasteiger partial charge in [0.15, 0.2) is 0 Å². The van der Waals surface area contributed by atoms with E-state index in [0.29, 0.717) is 37.1 Å². The summed E-state index contributed by atoms with van der Waals surface area (Å²) >= 11 is 0. The number of rotatable bonds is 26. The number of H-pyrrole nitrogens is 2. The lowest BCUT2D eigenvalue weighted by atomic mass is 9.99. The Kier molecular flexibility index (Phi) is 18.9. The van der Waals surface area contributed by atoms with Gasteiger partial charge in [0.25, 0.3) is 0 Å². The molecule has 19 nitrogen and oxygen atoms in total. The summed E-state index contributed by atoms with van der Waals surface area (Å²) in [6.07, 6.45) is 6.72. The van der Waals surface area contributed by atoms with Crippen LogP contribution in [0.1, 0.15) is 74.4 Å². The molecule has 19 heteroatoms. The van der Waals surface area contributed by atoms with Gasteiger partial charge in [0, 0.05) is 54.3 Å². The summed E-state index contributed by atoms with van der Waals surface area (Å²) in [5.41, 5.74) is 14.7. The number of nitrogens with one attached hydrogen (secondary N) is 8. The minimum absolute atomic E-state index is 0.00326. The summed E-state index contributed by atoms with van der Waals surface area (Å²) in [5.74, 6) is -5.18. The number of fused-ring (bicyclic) bond motifs is 2. The number of aromatic amines is 2. The van der Waals surface area contributed by atoms with E-state index in [1.807, 2.05) is 54.6 Å². The second kappa shape index (κ2) is 25.6. The average Bonchev–Trinajstić information content (AvgIpc) is 4.03. The molecule has 71 heavy (non-hydrogen) atoms. The van der Waals surface area contributed by atoms with Gasteiger partial charge in [-0.2, -0.15) is 0 Å². The number of carboxylic acid groups (broad SMARTS) is 1. The number of aliphatic carboxylic acids is 1. The van der Waals surface area contributed by atoms with E-state index in [4.69, 9.17) is 11.5 Å². The normalized spacial score (nSPS) is 14.2. The molecule has 0 aliphatic rings. The first-order valence-electron chi connectivity index (χ1n) is 23.7. The first-order valence-corrected chi connectivity index (χ1v) is 23.7. The Hall–Kier alpha value is -7.90. The van der Waals surface area contributed by atoms with Crippen LogP contribution in [-0.2, 0) is 52.8 Å². The summed E-state index contributed by atoms with van der Waals surface area (Å²) in [7, 11) is 0. The van der Waals surface area contributed by atoms with Crippen molar-refractivity contribution in [1.82, 2.24) is 46.9 Å². The van der Waals surface area contributed by atoms with Crippen LogP contribution < -0.4 is 43.4 Å². The van der Waals surface area contributed by atoms with Crippen molar-refractivity contribution in [2.24, 2.45) is 11.5 Å². The second-order valence-corrected chi connectivity index (χ2v) is 17.7. The van der Waals surface area contributed by atoms with Crippen LogP contribution in [0.5, 0.6) is 0 Å². The van der Waals surface area contributed by atoms with Crippen LogP contribution in [0.25, 0.3) is 21.7 Å². The highest BCUT2D eigenvalue weighted by molar-refractivity contribution is 5.97. The van der Waals surface area contributed by atoms with Crippen LogP contribution >= 0.6 is 0 Å². The maximum atomic E-state index is 14.4. The molecule has 4 aromatic carbocycles. The maximum Gasteiger partial charge on any atom is 0.326 e. The lowest BCUT2D eigenvalue weighted by molar-refractivity contribution is -0.142. The molecular weight excluding hydrogens is 907 g/mol. The van der Waals surface area contributed by atoms with Crippen molar-refractivity contribution in [2.45, 2.75) is 108 Å². The minimum Gasteiger partial charge on any atom is -0.480 e. The largest absolute Gasteiger partial charge is 0.480 e. The molecule has 0 aliphatic carbocycles. The highest BCUT2D eigenvalue weighted by atomic mass is 16.4. The Morgan fingerprint density at radius 1 is 0.648 bits per heavy atom. The molecule has 374 valence electrons. The van der Waals surface area contributed by atoms with Crippen LogP contribution in [0.4, 0.5) is 0 Å². The highest BCUT2D eigenvalue weighted by Gasteiger charge is 2.33. The molecule has 0 spiro atoms. The molecule has 6 aromatic rings. The smallest absolute Gasteiger partial charge is 0.326 e. The number of hydrogen-bond donors (Lipinski definition) is 11. The fourth-order valence-electron chi connectivity index (χ4n) is 8.22. The third-order valence-electron chi connectivity index (χ3n) is 12.1. The van der Waals surface area contributed by atoms with Crippen LogP contribution in [0.15, 0.2) is 116 Å². The van der Waals surface area contributed by atoms with Crippen molar-refractivity contribution >= 4 is 63.1 Å². The van der Waals surface area contributed by atoms with E-state index in [9.17, 15) is 38.7 Å². The van der Waals surface area contributed by atoms with Crippen LogP contribution in [0.3, 0.4) is 0 Å². The van der Waals surface area contributed by atoms with E-state index < -0.39 is 83.7 Å². The van der Waals surface area contributed by atoms with Crippen LogP contribution in [0, 0.1) is 0 Å². The van der Waals surface area contributed by atoms with E-state index in [-0.39, 0.29) is 32.1 Å². The molecular formula is C52H63N11O8. The van der Waals surface area contributed by atoms with Gasteiger partial charge in [-0.3, -0.25) is 28.8 Å². The van der Waals surface area contributed by atoms with E-state index in [1.54, 1.807) is 48.7 Å². The summed E-state index contributed by atoms with van der Waals surface area (Å²) in [5, 5.41) is 29.0. The molecule has 5 unspecified atom stereocenters. The molecule has 2 aromatic heterocycles. The zero-order valence-electron chi connectivity index (χ0n) is 39.8. The second-order valence-electron chi connectivity index (χ2n) is 17.7. The molecule has 0 saturated heterocycles. The maximum absolute atomic E-state index is 14.4. The van der Waals surface area contributed by atoms with E-state index in [2.05, 4.69) is 46.9 Å². The predicted molar refractivity (Wildman–Crippen MR) is 268 cm³/mol. The first kappa shape index (κ1) is 52.5. The topological polar surface area (TPSA) is 308 Å². The van der Waals surface area contributed by atoms with Gasteiger partial charge in [-0.05, 0) is 79.3 Å². The fourth-order valence-corrected chi connectivity index (χ4v) is 8.22. The number of imidazole rings is 1. The number of carbonyl (C=O) groups is 7. The van der Waals surface area contributed by atoms with Gasteiger partial charge in [-0.15, -0.1) is 0 Å². The molecule has 0 aliphatic heterocycles.